The van der Waals surface area contributed by atoms with E-state index in [-0.39, 0.29) is 23.6 Å². The van der Waals surface area contributed by atoms with Crippen LogP contribution in [-0.4, -0.2) is 46.7 Å². The summed E-state index contributed by atoms with van der Waals surface area (Å²) in [5.41, 5.74) is 1.86. The van der Waals surface area contributed by atoms with Gasteiger partial charge in [0.05, 0.1) is 37.8 Å². The first-order chi connectivity index (χ1) is 16.0. The number of carbonyl (C=O) groups is 1. The van der Waals surface area contributed by atoms with Gasteiger partial charge < -0.3 is 19.5 Å². The summed E-state index contributed by atoms with van der Waals surface area (Å²) in [6.07, 6.45) is 2.48. The van der Waals surface area contributed by atoms with Gasteiger partial charge in [0.25, 0.3) is 0 Å². The number of methoxy groups -OCH3 is 1. The number of rotatable bonds is 8. The predicted molar refractivity (Wildman–Crippen MR) is 126 cm³/mol. The number of hydrogen-bond donors (Lipinski definition) is 1. The van der Waals surface area contributed by atoms with E-state index in [0.29, 0.717) is 18.4 Å². The minimum atomic E-state index is -0.147. The highest BCUT2D eigenvalue weighted by atomic mass is 32.2. The topological polar surface area (TPSA) is 87.5 Å². The van der Waals surface area contributed by atoms with Gasteiger partial charge >= 0.3 is 0 Å². The molecule has 1 aromatic heterocycles. The van der Waals surface area contributed by atoms with E-state index < -0.39 is 0 Å². The van der Waals surface area contributed by atoms with Crippen LogP contribution < -0.4 is 19.5 Å². The van der Waals surface area contributed by atoms with Gasteiger partial charge in [-0.05, 0) is 35.7 Å². The molecule has 0 radical (unpaired) electrons. The Morgan fingerprint density at radius 2 is 2.00 bits per heavy atom. The normalized spacial score (nSPS) is 13.9. The first-order valence-corrected chi connectivity index (χ1v) is 11.9. The van der Waals surface area contributed by atoms with Crippen molar-refractivity contribution < 1.29 is 19.0 Å². The lowest BCUT2D eigenvalue weighted by Crippen LogP contribution is -2.33. The third-order valence-corrected chi connectivity index (χ3v) is 6.24. The van der Waals surface area contributed by atoms with Crippen LogP contribution >= 0.6 is 11.8 Å². The standard InChI is InChI=1S/C24H28N4O4S/c1-16(2)23(17-8-9-20-21(12-17)32-11-5-10-31-20)26-22(29)14-33-24-27-25-15-28(24)18-6-4-7-19(13-18)30-3/h4,6-9,12-13,15-16,23H,5,10-11,14H2,1-3H3,(H,26,29)/t23-/m1/s1. The van der Waals surface area contributed by atoms with Crippen molar-refractivity contribution in [3.05, 3.63) is 54.4 Å². The number of carbonyl (C=O) groups excluding carboxylic acids is 1. The molecule has 0 saturated carbocycles. The van der Waals surface area contributed by atoms with Gasteiger partial charge in [0.15, 0.2) is 16.7 Å². The molecule has 8 nitrogen and oxygen atoms in total. The van der Waals surface area contributed by atoms with Gasteiger partial charge in [0.2, 0.25) is 5.91 Å². The molecule has 33 heavy (non-hydrogen) atoms. The van der Waals surface area contributed by atoms with E-state index in [9.17, 15) is 4.79 Å². The molecule has 1 atom stereocenters. The third kappa shape index (κ3) is 5.60. The van der Waals surface area contributed by atoms with Crippen molar-refractivity contribution in [2.24, 2.45) is 5.92 Å². The van der Waals surface area contributed by atoms with E-state index in [1.165, 1.54) is 11.8 Å². The quantitative estimate of drug-likeness (QED) is 0.499. The van der Waals surface area contributed by atoms with Crippen molar-refractivity contribution in [3.63, 3.8) is 0 Å². The lowest BCUT2D eigenvalue weighted by Gasteiger charge is -2.24. The number of fused-ring (bicyclic) bond motifs is 1. The molecule has 0 spiro atoms. The Hall–Kier alpha value is -3.20. The van der Waals surface area contributed by atoms with Gasteiger partial charge in [-0.2, -0.15) is 0 Å². The molecule has 4 rings (SSSR count). The predicted octanol–water partition coefficient (Wildman–Crippen LogP) is 4.04. The Kier molecular flexibility index (Phi) is 7.39. The fourth-order valence-electron chi connectivity index (χ4n) is 3.61. The van der Waals surface area contributed by atoms with Crippen molar-refractivity contribution in [1.29, 1.82) is 0 Å². The number of amides is 1. The monoisotopic (exact) mass is 468 g/mol. The summed E-state index contributed by atoms with van der Waals surface area (Å²) in [6, 6.07) is 13.3. The Bertz CT molecular complexity index is 1100. The molecule has 1 aliphatic heterocycles. The van der Waals surface area contributed by atoms with E-state index >= 15 is 0 Å². The van der Waals surface area contributed by atoms with Crippen molar-refractivity contribution in [2.45, 2.75) is 31.5 Å². The van der Waals surface area contributed by atoms with Crippen LogP contribution in [0.15, 0.2) is 53.9 Å². The summed E-state index contributed by atoms with van der Waals surface area (Å²) in [7, 11) is 1.62. The lowest BCUT2D eigenvalue weighted by molar-refractivity contribution is -0.119. The molecule has 0 bridgehead atoms. The van der Waals surface area contributed by atoms with Gasteiger partial charge in [0, 0.05) is 12.5 Å². The molecule has 2 aromatic carbocycles. The molecular weight excluding hydrogens is 440 g/mol. The molecule has 2 heterocycles. The number of nitrogens with zero attached hydrogens (tertiary/aromatic N) is 3. The highest BCUT2D eigenvalue weighted by Crippen LogP contribution is 2.34. The van der Waals surface area contributed by atoms with Crippen molar-refractivity contribution in [1.82, 2.24) is 20.1 Å². The summed E-state index contributed by atoms with van der Waals surface area (Å²) in [4.78, 5) is 12.9. The maximum Gasteiger partial charge on any atom is 0.230 e. The Labute approximate surface area is 197 Å². The lowest BCUT2D eigenvalue weighted by atomic mass is 9.95. The minimum Gasteiger partial charge on any atom is -0.497 e. The molecule has 1 amide bonds. The molecule has 0 aliphatic carbocycles. The number of hydrogen-bond acceptors (Lipinski definition) is 7. The number of nitrogens with one attached hydrogen (secondary N) is 1. The summed E-state index contributed by atoms with van der Waals surface area (Å²) in [5, 5.41) is 12.0. The molecule has 174 valence electrons. The zero-order chi connectivity index (χ0) is 23.2. The molecule has 9 heteroatoms. The number of benzene rings is 2. The van der Waals surface area contributed by atoms with Crippen molar-refractivity contribution in [2.75, 3.05) is 26.1 Å². The van der Waals surface area contributed by atoms with E-state index in [1.807, 2.05) is 47.0 Å². The smallest absolute Gasteiger partial charge is 0.230 e. The summed E-state index contributed by atoms with van der Waals surface area (Å²) in [6.45, 7) is 5.44. The second-order valence-corrected chi connectivity index (χ2v) is 8.96. The number of thioether (sulfide) groups is 1. The van der Waals surface area contributed by atoms with E-state index in [0.717, 1.165) is 34.9 Å². The van der Waals surface area contributed by atoms with Gasteiger partial charge in [-0.1, -0.05) is 37.7 Å². The van der Waals surface area contributed by atoms with E-state index in [4.69, 9.17) is 14.2 Å². The highest BCUT2D eigenvalue weighted by molar-refractivity contribution is 7.99. The molecule has 0 saturated heterocycles. The minimum absolute atomic E-state index is 0.0778. The SMILES string of the molecule is COc1cccc(-n2cnnc2SCC(=O)N[C@@H](c2ccc3c(c2)OCCCO3)C(C)C)c1. The summed E-state index contributed by atoms with van der Waals surface area (Å²) < 4.78 is 18.7. The first-order valence-electron chi connectivity index (χ1n) is 10.9. The van der Waals surface area contributed by atoms with Crippen molar-refractivity contribution in [3.8, 4) is 22.9 Å². The fraction of sp³-hybridized carbons (Fsp3) is 0.375. The first kappa shape index (κ1) is 23.0. The van der Waals surface area contributed by atoms with Crippen LogP contribution in [0, 0.1) is 5.92 Å². The van der Waals surface area contributed by atoms with Crippen molar-refractivity contribution >= 4 is 17.7 Å². The molecule has 1 aliphatic rings. The maximum atomic E-state index is 12.9. The van der Waals surface area contributed by atoms with Gasteiger partial charge in [0.1, 0.15) is 12.1 Å². The third-order valence-electron chi connectivity index (χ3n) is 5.29. The largest absolute Gasteiger partial charge is 0.497 e. The van der Waals surface area contributed by atoms with Crippen LogP contribution in [0.4, 0.5) is 0 Å². The zero-order valence-electron chi connectivity index (χ0n) is 19.0. The van der Waals surface area contributed by atoms with Crippen LogP contribution in [0.3, 0.4) is 0 Å². The average Bonchev–Trinajstić information content (AvgIpc) is 3.17. The van der Waals surface area contributed by atoms with Crippen LogP contribution in [-0.2, 0) is 4.79 Å². The second kappa shape index (κ2) is 10.6. The van der Waals surface area contributed by atoms with E-state index in [1.54, 1.807) is 13.4 Å². The average molecular weight is 469 g/mol. The molecule has 0 fully saturated rings. The molecule has 1 N–H and O–H groups in total. The Balaban J connectivity index is 1.43. The van der Waals surface area contributed by atoms with Gasteiger partial charge in [-0.15, -0.1) is 10.2 Å². The summed E-state index contributed by atoms with van der Waals surface area (Å²) in [5.74, 6) is 2.55. The van der Waals surface area contributed by atoms with E-state index in [2.05, 4.69) is 29.4 Å². The van der Waals surface area contributed by atoms with Crippen LogP contribution in [0.1, 0.15) is 31.9 Å². The molecule has 3 aromatic rings. The zero-order valence-corrected chi connectivity index (χ0v) is 19.8. The molecular formula is C24H28N4O4S. The number of ether oxygens (including phenoxy) is 3. The molecule has 0 unspecified atom stereocenters. The Morgan fingerprint density at radius 1 is 1.18 bits per heavy atom. The maximum absolute atomic E-state index is 12.9. The highest BCUT2D eigenvalue weighted by Gasteiger charge is 2.22. The van der Waals surface area contributed by atoms with Gasteiger partial charge in [-0.3, -0.25) is 9.36 Å². The fourth-order valence-corrected chi connectivity index (χ4v) is 4.35. The van der Waals surface area contributed by atoms with Crippen LogP contribution in [0.2, 0.25) is 0 Å². The van der Waals surface area contributed by atoms with Gasteiger partial charge in [-0.25, -0.2) is 0 Å². The summed E-state index contributed by atoms with van der Waals surface area (Å²) >= 11 is 1.34. The second-order valence-electron chi connectivity index (χ2n) is 8.02. The number of aromatic nitrogens is 3. The van der Waals surface area contributed by atoms with Crippen LogP contribution in [0.25, 0.3) is 5.69 Å². The Morgan fingerprint density at radius 3 is 2.79 bits per heavy atom. The van der Waals surface area contributed by atoms with Crippen LogP contribution in [0.5, 0.6) is 17.2 Å².